The van der Waals surface area contributed by atoms with Gasteiger partial charge in [-0.3, -0.25) is 14.4 Å². The Morgan fingerprint density at radius 2 is 1.90 bits per heavy atom. The van der Waals surface area contributed by atoms with E-state index >= 15 is 0 Å². The Morgan fingerprint density at radius 3 is 2.00 bits per heavy atom. The van der Waals surface area contributed by atoms with Crippen LogP contribution in [0.25, 0.3) is 0 Å². The number of amides is 1. The SMILES string of the molecule is CON(CC(C)=O)C(C)=O. The van der Waals surface area contributed by atoms with Crippen LogP contribution < -0.4 is 0 Å². The molecule has 0 saturated carbocycles. The third-order valence-corrected chi connectivity index (χ3v) is 0.938. The van der Waals surface area contributed by atoms with Crippen molar-refractivity contribution in [2.24, 2.45) is 0 Å². The molecule has 0 aliphatic rings. The largest absolute Gasteiger partial charge is 0.298 e. The lowest BCUT2D eigenvalue weighted by Crippen LogP contribution is -2.31. The van der Waals surface area contributed by atoms with Crippen molar-refractivity contribution in [2.45, 2.75) is 13.8 Å². The molecule has 0 aromatic rings. The zero-order chi connectivity index (χ0) is 8.15. The topological polar surface area (TPSA) is 46.6 Å². The molecular formula is C6H11NO3. The number of hydrogen-bond donors (Lipinski definition) is 0. The first-order chi connectivity index (χ1) is 4.57. The van der Waals surface area contributed by atoms with Crippen LogP contribution in [0, 0.1) is 0 Å². The zero-order valence-corrected chi connectivity index (χ0v) is 6.38. The van der Waals surface area contributed by atoms with E-state index in [2.05, 4.69) is 4.84 Å². The summed E-state index contributed by atoms with van der Waals surface area (Å²) in [4.78, 5) is 25.6. The fourth-order valence-electron chi connectivity index (χ4n) is 0.507. The molecule has 0 spiro atoms. The van der Waals surface area contributed by atoms with Crippen LogP contribution in [-0.4, -0.2) is 30.4 Å². The Hall–Kier alpha value is -0.900. The molecule has 10 heavy (non-hydrogen) atoms. The van der Waals surface area contributed by atoms with Gasteiger partial charge in [0.05, 0.1) is 7.11 Å². The number of hydrogen-bond acceptors (Lipinski definition) is 3. The molecule has 0 radical (unpaired) electrons. The van der Waals surface area contributed by atoms with Crippen molar-refractivity contribution >= 4 is 11.7 Å². The van der Waals surface area contributed by atoms with E-state index in [1.807, 2.05) is 0 Å². The van der Waals surface area contributed by atoms with E-state index < -0.39 is 0 Å². The Morgan fingerprint density at radius 1 is 1.40 bits per heavy atom. The van der Waals surface area contributed by atoms with Gasteiger partial charge in [-0.25, -0.2) is 5.06 Å². The maximum absolute atomic E-state index is 10.6. The lowest BCUT2D eigenvalue weighted by Gasteiger charge is -2.14. The van der Waals surface area contributed by atoms with Gasteiger partial charge in [-0.1, -0.05) is 0 Å². The monoisotopic (exact) mass is 145 g/mol. The second-order valence-corrected chi connectivity index (χ2v) is 1.94. The van der Waals surface area contributed by atoms with E-state index in [-0.39, 0.29) is 18.2 Å². The van der Waals surface area contributed by atoms with Gasteiger partial charge in [0.25, 0.3) is 0 Å². The summed E-state index contributed by atoms with van der Waals surface area (Å²) in [6.45, 7) is 2.76. The summed E-state index contributed by atoms with van der Waals surface area (Å²) in [7, 11) is 1.35. The Bertz CT molecular complexity index is 144. The molecular weight excluding hydrogens is 134 g/mol. The van der Waals surface area contributed by atoms with Gasteiger partial charge in [0.15, 0.2) is 5.78 Å². The van der Waals surface area contributed by atoms with Crippen molar-refractivity contribution in [3.8, 4) is 0 Å². The van der Waals surface area contributed by atoms with Crippen LogP contribution in [0.4, 0.5) is 0 Å². The average Bonchev–Trinajstić information content (AvgIpc) is 1.81. The smallest absolute Gasteiger partial charge is 0.243 e. The molecule has 58 valence electrons. The van der Waals surface area contributed by atoms with E-state index in [1.165, 1.54) is 21.0 Å². The average molecular weight is 145 g/mol. The van der Waals surface area contributed by atoms with Crippen molar-refractivity contribution in [3.05, 3.63) is 0 Å². The summed E-state index contributed by atoms with van der Waals surface area (Å²) >= 11 is 0. The second kappa shape index (κ2) is 4.00. The predicted molar refractivity (Wildman–Crippen MR) is 35.1 cm³/mol. The summed E-state index contributed by atoms with van der Waals surface area (Å²) in [5, 5.41) is 1.00. The third kappa shape index (κ3) is 3.19. The van der Waals surface area contributed by atoms with Crippen molar-refractivity contribution < 1.29 is 14.4 Å². The van der Waals surface area contributed by atoms with Gasteiger partial charge in [-0.2, -0.15) is 0 Å². The van der Waals surface area contributed by atoms with Crippen molar-refractivity contribution in [1.82, 2.24) is 5.06 Å². The molecule has 0 rings (SSSR count). The first-order valence-electron chi connectivity index (χ1n) is 2.89. The van der Waals surface area contributed by atoms with Crippen LogP contribution in [0.5, 0.6) is 0 Å². The van der Waals surface area contributed by atoms with E-state index in [0.717, 1.165) is 5.06 Å². The molecule has 0 aliphatic carbocycles. The summed E-state index contributed by atoms with van der Waals surface area (Å²) in [5.41, 5.74) is 0. The molecule has 0 aliphatic heterocycles. The van der Waals surface area contributed by atoms with Crippen molar-refractivity contribution in [2.75, 3.05) is 13.7 Å². The van der Waals surface area contributed by atoms with Crippen LogP contribution in [0.3, 0.4) is 0 Å². The molecule has 0 atom stereocenters. The molecule has 4 heteroatoms. The molecule has 0 aromatic carbocycles. The molecule has 0 heterocycles. The van der Waals surface area contributed by atoms with Crippen LogP contribution in [-0.2, 0) is 14.4 Å². The van der Waals surface area contributed by atoms with Gasteiger partial charge in [-0.05, 0) is 6.92 Å². The molecule has 1 amide bonds. The van der Waals surface area contributed by atoms with Crippen LogP contribution >= 0.6 is 0 Å². The lowest BCUT2D eigenvalue weighted by atomic mass is 10.4. The number of Topliss-reactive ketones (excluding diaryl/α,β-unsaturated/α-hetero) is 1. The highest BCUT2D eigenvalue weighted by Crippen LogP contribution is 1.88. The molecule has 0 bridgehead atoms. The number of carbonyl (C=O) groups excluding carboxylic acids is 2. The maximum atomic E-state index is 10.6. The highest BCUT2D eigenvalue weighted by molar-refractivity contribution is 5.82. The fourth-order valence-corrected chi connectivity index (χ4v) is 0.507. The quantitative estimate of drug-likeness (QED) is 0.524. The van der Waals surface area contributed by atoms with Crippen LogP contribution in [0.1, 0.15) is 13.8 Å². The lowest BCUT2D eigenvalue weighted by molar-refractivity contribution is -0.175. The van der Waals surface area contributed by atoms with Gasteiger partial charge in [0.2, 0.25) is 5.91 Å². The number of carbonyl (C=O) groups is 2. The standard InChI is InChI=1S/C6H11NO3/c1-5(8)4-7(10-3)6(2)9/h4H2,1-3H3. The van der Waals surface area contributed by atoms with Crippen LogP contribution in [0.15, 0.2) is 0 Å². The first kappa shape index (κ1) is 9.10. The van der Waals surface area contributed by atoms with Gasteiger partial charge in [0.1, 0.15) is 6.54 Å². The Kier molecular flexibility index (Phi) is 3.64. The van der Waals surface area contributed by atoms with E-state index in [0.29, 0.717) is 0 Å². The summed E-state index contributed by atoms with van der Waals surface area (Å²) in [6, 6.07) is 0. The van der Waals surface area contributed by atoms with Gasteiger partial charge in [-0.15, -0.1) is 0 Å². The summed E-state index contributed by atoms with van der Waals surface area (Å²) in [6.07, 6.45) is 0. The Balaban J connectivity index is 3.83. The molecule has 0 saturated heterocycles. The van der Waals surface area contributed by atoms with Gasteiger partial charge in [0, 0.05) is 6.92 Å². The van der Waals surface area contributed by atoms with E-state index in [9.17, 15) is 9.59 Å². The highest BCUT2D eigenvalue weighted by atomic mass is 16.7. The molecule has 4 nitrogen and oxygen atoms in total. The number of nitrogens with zero attached hydrogens (tertiary/aromatic N) is 1. The number of hydroxylamine groups is 2. The van der Waals surface area contributed by atoms with Crippen molar-refractivity contribution in [3.63, 3.8) is 0 Å². The third-order valence-electron chi connectivity index (χ3n) is 0.938. The Labute approximate surface area is 59.7 Å². The number of rotatable bonds is 3. The minimum atomic E-state index is -0.266. The summed E-state index contributed by atoms with van der Waals surface area (Å²) < 4.78 is 0. The first-order valence-corrected chi connectivity index (χ1v) is 2.89. The van der Waals surface area contributed by atoms with Gasteiger partial charge >= 0.3 is 0 Å². The number of ketones is 1. The zero-order valence-electron chi connectivity index (χ0n) is 6.38. The minimum absolute atomic E-state index is 0.0197. The molecule has 0 aromatic heterocycles. The molecule has 0 N–H and O–H groups in total. The fraction of sp³-hybridized carbons (Fsp3) is 0.667. The maximum Gasteiger partial charge on any atom is 0.243 e. The second-order valence-electron chi connectivity index (χ2n) is 1.94. The van der Waals surface area contributed by atoms with Crippen LogP contribution in [0.2, 0.25) is 0 Å². The predicted octanol–water partition coefficient (Wildman–Crippen LogP) is -0.0147. The van der Waals surface area contributed by atoms with E-state index in [4.69, 9.17) is 0 Å². The van der Waals surface area contributed by atoms with Gasteiger partial charge < -0.3 is 0 Å². The molecule has 0 fully saturated rings. The van der Waals surface area contributed by atoms with E-state index in [1.54, 1.807) is 0 Å². The molecule has 0 unspecified atom stereocenters. The normalized spacial score (nSPS) is 9.10. The summed E-state index contributed by atoms with van der Waals surface area (Å²) in [5.74, 6) is -0.366. The minimum Gasteiger partial charge on any atom is -0.298 e. The highest BCUT2D eigenvalue weighted by Gasteiger charge is 2.08. The van der Waals surface area contributed by atoms with Crippen molar-refractivity contribution in [1.29, 1.82) is 0 Å².